The van der Waals surface area contributed by atoms with Crippen LogP contribution in [0.25, 0.3) is 0 Å². The highest BCUT2D eigenvalue weighted by Gasteiger charge is 2.34. The van der Waals surface area contributed by atoms with Crippen molar-refractivity contribution < 1.29 is 27.9 Å². The van der Waals surface area contributed by atoms with Crippen LogP contribution < -0.4 is 4.74 Å². The summed E-state index contributed by atoms with van der Waals surface area (Å²) in [4.78, 5) is 24.5. The van der Waals surface area contributed by atoms with Crippen LogP contribution in [0.4, 0.5) is 0 Å². The van der Waals surface area contributed by atoms with Crippen LogP contribution in [0.3, 0.4) is 0 Å². The van der Waals surface area contributed by atoms with Crippen molar-refractivity contribution in [2.45, 2.75) is 25.5 Å². The van der Waals surface area contributed by atoms with E-state index in [9.17, 15) is 18.0 Å². The summed E-state index contributed by atoms with van der Waals surface area (Å²) in [7, 11) is -1.49. The van der Waals surface area contributed by atoms with E-state index in [1.807, 2.05) is 0 Å². The molecule has 1 aliphatic rings. The molecule has 1 fully saturated rings. The number of ether oxygens (including phenoxy) is 1. The third kappa shape index (κ3) is 4.22. The third-order valence-corrected chi connectivity index (χ3v) is 5.62. The standard InChI is InChI=1S/C15H19NO6S/c1-10(22-13-5-3-11(4-6-13)15(18)19)14(17)16(2)12-7-8-23(20,21)9-12/h3-6,10,12H,7-9H2,1-2H3,(H,18,19)/t10-,12+/m0/s1. The molecule has 0 aromatic heterocycles. The summed E-state index contributed by atoms with van der Waals surface area (Å²) >= 11 is 0. The van der Waals surface area contributed by atoms with Crippen molar-refractivity contribution in [2.75, 3.05) is 18.6 Å². The number of carboxylic acid groups (broad SMARTS) is 1. The molecule has 2 rings (SSSR count). The number of hydrogen-bond acceptors (Lipinski definition) is 5. The molecule has 0 unspecified atom stereocenters. The fourth-order valence-corrected chi connectivity index (χ4v) is 4.25. The SMILES string of the molecule is C[C@H](Oc1ccc(C(=O)O)cc1)C(=O)N(C)[C@@H]1CCS(=O)(=O)C1. The van der Waals surface area contributed by atoms with Crippen molar-refractivity contribution in [3.8, 4) is 5.75 Å². The van der Waals surface area contributed by atoms with E-state index in [1.165, 1.54) is 29.2 Å². The van der Waals surface area contributed by atoms with E-state index in [2.05, 4.69) is 0 Å². The van der Waals surface area contributed by atoms with E-state index in [0.29, 0.717) is 12.2 Å². The predicted octanol–water partition coefficient (Wildman–Crippen LogP) is 0.798. The van der Waals surface area contributed by atoms with Crippen molar-refractivity contribution in [3.63, 3.8) is 0 Å². The molecule has 1 saturated heterocycles. The zero-order valence-corrected chi connectivity index (χ0v) is 13.7. The summed E-state index contributed by atoms with van der Waals surface area (Å²) in [6.07, 6.45) is -0.357. The Morgan fingerprint density at radius 1 is 1.30 bits per heavy atom. The number of hydrogen-bond donors (Lipinski definition) is 1. The second-order valence-corrected chi connectivity index (χ2v) is 7.82. The second-order valence-electron chi connectivity index (χ2n) is 5.60. The Labute approximate surface area is 134 Å². The average Bonchev–Trinajstić information content (AvgIpc) is 2.86. The molecule has 1 aromatic rings. The Balaban J connectivity index is 1.98. The van der Waals surface area contributed by atoms with Crippen LogP contribution in [0.5, 0.6) is 5.75 Å². The van der Waals surface area contributed by atoms with Crippen molar-refractivity contribution in [2.24, 2.45) is 0 Å². The molecule has 8 heteroatoms. The van der Waals surface area contributed by atoms with Gasteiger partial charge in [-0.2, -0.15) is 0 Å². The normalized spacial score (nSPS) is 20.7. The van der Waals surface area contributed by atoms with Gasteiger partial charge in [-0.1, -0.05) is 0 Å². The number of likely N-dealkylation sites (N-methyl/N-ethyl adjacent to an activating group) is 1. The average molecular weight is 341 g/mol. The second kappa shape index (κ2) is 6.57. The van der Waals surface area contributed by atoms with Gasteiger partial charge in [0, 0.05) is 13.1 Å². The lowest BCUT2D eigenvalue weighted by Gasteiger charge is -2.26. The molecule has 126 valence electrons. The molecule has 23 heavy (non-hydrogen) atoms. The van der Waals surface area contributed by atoms with E-state index < -0.39 is 21.9 Å². The van der Waals surface area contributed by atoms with E-state index in [-0.39, 0.29) is 29.0 Å². The summed E-state index contributed by atoms with van der Waals surface area (Å²) in [5.74, 6) is -0.892. The van der Waals surface area contributed by atoms with Crippen LogP contribution in [-0.4, -0.2) is 61.0 Å². The lowest BCUT2D eigenvalue weighted by Crippen LogP contribution is -2.44. The first-order valence-electron chi connectivity index (χ1n) is 7.17. The van der Waals surface area contributed by atoms with Crippen LogP contribution in [0.1, 0.15) is 23.7 Å². The van der Waals surface area contributed by atoms with E-state index >= 15 is 0 Å². The van der Waals surface area contributed by atoms with Gasteiger partial charge in [0.25, 0.3) is 5.91 Å². The summed E-state index contributed by atoms with van der Waals surface area (Å²) in [5, 5.41) is 8.83. The van der Waals surface area contributed by atoms with Gasteiger partial charge in [-0.15, -0.1) is 0 Å². The molecule has 0 saturated carbocycles. The first-order valence-corrected chi connectivity index (χ1v) is 8.99. The van der Waals surface area contributed by atoms with Crippen LogP contribution >= 0.6 is 0 Å². The van der Waals surface area contributed by atoms with Gasteiger partial charge >= 0.3 is 5.97 Å². The number of amides is 1. The number of carbonyl (C=O) groups is 2. The molecule has 2 atom stereocenters. The van der Waals surface area contributed by atoms with Crippen molar-refractivity contribution >= 4 is 21.7 Å². The maximum Gasteiger partial charge on any atom is 0.335 e. The summed E-state index contributed by atoms with van der Waals surface area (Å²) < 4.78 is 28.5. The molecular formula is C15H19NO6S. The van der Waals surface area contributed by atoms with Gasteiger partial charge in [-0.05, 0) is 37.6 Å². The van der Waals surface area contributed by atoms with Gasteiger partial charge in [0.15, 0.2) is 15.9 Å². The van der Waals surface area contributed by atoms with Gasteiger partial charge < -0.3 is 14.7 Å². The maximum absolute atomic E-state index is 12.3. The van der Waals surface area contributed by atoms with E-state index in [4.69, 9.17) is 9.84 Å². The molecule has 7 nitrogen and oxygen atoms in total. The molecule has 0 bridgehead atoms. The molecule has 1 heterocycles. The minimum atomic E-state index is -3.06. The first kappa shape index (κ1) is 17.3. The zero-order valence-electron chi connectivity index (χ0n) is 12.9. The van der Waals surface area contributed by atoms with Gasteiger partial charge in [0.2, 0.25) is 0 Å². The molecule has 0 spiro atoms. The fourth-order valence-electron chi connectivity index (χ4n) is 2.48. The highest BCUT2D eigenvalue weighted by molar-refractivity contribution is 7.91. The van der Waals surface area contributed by atoms with Crippen molar-refractivity contribution in [1.29, 1.82) is 0 Å². The Hall–Kier alpha value is -2.09. The van der Waals surface area contributed by atoms with Crippen molar-refractivity contribution in [3.05, 3.63) is 29.8 Å². The largest absolute Gasteiger partial charge is 0.481 e. The highest BCUT2D eigenvalue weighted by Crippen LogP contribution is 2.19. The van der Waals surface area contributed by atoms with Gasteiger partial charge in [-0.3, -0.25) is 4.79 Å². The highest BCUT2D eigenvalue weighted by atomic mass is 32.2. The Kier molecular flexibility index (Phi) is 4.93. The third-order valence-electron chi connectivity index (χ3n) is 3.87. The van der Waals surface area contributed by atoms with Gasteiger partial charge in [-0.25, -0.2) is 13.2 Å². The molecule has 1 aliphatic heterocycles. The summed E-state index contributed by atoms with van der Waals surface area (Å²) in [6, 6.07) is 5.41. The van der Waals surface area contributed by atoms with Crippen LogP contribution in [0.2, 0.25) is 0 Å². The topological polar surface area (TPSA) is 101 Å². The molecule has 1 N–H and O–H groups in total. The molecule has 0 radical (unpaired) electrons. The van der Waals surface area contributed by atoms with Crippen molar-refractivity contribution in [1.82, 2.24) is 4.90 Å². The predicted molar refractivity (Wildman–Crippen MR) is 83.3 cm³/mol. The number of sulfone groups is 1. The van der Waals surface area contributed by atoms with Crippen LogP contribution in [0, 0.1) is 0 Å². The summed E-state index contributed by atoms with van der Waals surface area (Å²) in [6.45, 7) is 1.58. The smallest absolute Gasteiger partial charge is 0.335 e. The lowest BCUT2D eigenvalue weighted by atomic mass is 10.2. The zero-order chi connectivity index (χ0) is 17.2. The Morgan fingerprint density at radius 2 is 1.91 bits per heavy atom. The Morgan fingerprint density at radius 3 is 2.39 bits per heavy atom. The number of aromatic carboxylic acids is 1. The number of carboxylic acids is 1. The van der Waals surface area contributed by atoms with E-state index in [1.54, 1.807) is 14.0 Å². The minimum absolute atomic E-state index is 0.0186. The molecule has 0 aliphatic carbocycles. The number of nitrogens with zero attached hydrogens (tertiary/aromatic N) is 1. The monoisotopic (exact) mass is 341 g/mol. The maximum atomic E-state index is 12.3. The van der Waals surface area contributed by atoms with Gasteiger partial charge in [0.05, 0.1) is 17.1 Å². The molecule has 1 amide bonds. The van der Waals surface area contributed by atoms with Crippen LogP contribution in [-0.2, 0) is 14.6 Å². The lowest BCUT2D eigenvalue weighted by molar-refractivity contribution is -0.138. The minimum Gasteiger partial charge on any atom is -0.481 e. The fraction of sp³-hybridized carbons (Fsp3) is 0.467. The number of benzene rings is 1. The number of rotatable bonds is 5. The Bertz CT molecular complexity index is 697. The number of carbonyl (C=O) groups excluding carboxylic acids is 1. The van der Waals surface area contributed by atoms with Crippen LogP contribution in [0.15, 0.2) is 24.3 Å². The molecular weight excluding hydrogens is 322 g/mol. The quantitative estimate of drug-likeness (QED) is 0.850. The van der Waals surface area contributed by atoms with E-state index in [0.717, 1.165) is 0 Å². The molecule has 1 aromatic carbocycles. The van der Waals surface area contributed by atoms with Gasteiger partial charge in [0.1, 0.15) is 5.75 Å². The summed E-state index contributed by atoms with van der Waals surface area (Å²) in [5.41, 5.74) is 0.129. The first-order chi connectivity index (χ1) is 10.7.